The van der Waals surface area contributed by atoms with Crippen molar-refractivity contribution in [2.45, 2.75) is 32.4 Å². The number of hydrogen-bond donors (Lipinski definition) is 1. The topological polar surface area (TPSA) is 35.6 Å². The molecule has 1 amide bonds. The Kier molecular flexibility index (Phi) is 11.3. The van der Waals surface area contributed by atoms with Gasteiger partial charge in [0.1, 0.15) is 0 Å². The van der Waals surface area contributed by atoms with Crippen LogP contribution in [0.5, 0.6) is 0 Å². The number of nitrogens with zero attached hydrogens (tertiary/aromatic N) is 2. The molecule has 1 N–H and O–H groups in total. The number of benzene rings is 1. The Hall–Kier alpha value is -0.810. The lowest BCUT2D eigenvalue weighted by Crippen LogP contribution is -2.50. The summed E-state index contributed by atoms with van der Waals surface area (Å²) in [5.41, 5.74) is 1.35. The first-order chi connectivity index (χ1) is 10.6. The molecule has 0 aliphatic carbocycles. The fourth-order valence-corrected chi connectivity index (χ4v) is 3.25. The lowest BCUT2D eigenvalue weighted by Gasteiger charge is -2.38. The van der Waals surface area contributed by atoms with Crippen molar-refractivity contribution >= 4 is 30.7 Å². The van der Waals surface area contributed by atoms with Gasteiger partial charge in [0.25, 0.3) is 0 Å². The first kappa shape index (κ1) is 23.2. The molecule has 1 aromatic carbocycles. The van der Waals surface area contributed by atoms with Crippen LogP contribution in [0.2, 0.25) is 0 Å². The van der Waals surface area contributed by atoms with E-state index in [2.05, 4.69) is 40.5 Å². The van der Waals surface area contributed by atoms with Gasteiger partial charge in [-0.3, -0.25) is 9.69 Å². The molecule has 0 saturated carbocycles. The van der Waals surface area contributed by atoms with Crippen LogP contribution in [0, 0.1) is 5.92 Å². The highest BCUT2D eigenvalue weighted by molar-refractivity contribution is 5.85. The molecule has 6 heteroatoms. The molecule has 2 unspecified atom stereocenters. The smallest absolute Gasteiger partial charge is 0.226 e. The monoisotopic (exact) mass is 375 g/mol. The number of likely N-dealkylation sites (N-methyl/N-ethyl adjacent to an activating group) is 1. The molecule has 0 bridgehead atoms. The van der Waals surface area contributed by atoms with Crippen LogP contribution in [-0.4, -0.2) is 55.5 Å². The molecule has 2 atom stereocenters. The molecular weight excluding hydrogens is 345 g/mol. The third kappa shape index (κ3) is 6.60. The molecule has 2 rings (SSSR count). The number of likely N-dealkylation sites (tertiary alicyclic amines) is 1. The summed E-state index contributed by atoms with van der Waals surface area (Å²) >= 11 is 0. The van der Waals surface area contributed by atoms with Gasteiger partial charge < -0.3 is 10.2 Å². The molecule has 1 aromatic rings. The van der Waals surface area contributed by atoms with Crippen molar-refractivity contribution in [3.8, 4) is 0 Å². The summed E-state index contributed by atoms with van der Waals surface area (Å²) in [6.07, 6.45) is 2.27. The van der Waals surface area contributed by atoms with E-state index >= 15 is 0 Å². The van der Waals surface area contributed by atoms with Gasteiger partial charge in [0.15, 0.2) is 0 Å². The normalized spacial score (nSPS) is 18.9. The Morgan fingerprint density at radius 1 is 1.33 bits per heavy atom. The summed E-state index contributed by atoms with van der Waals surface area (Å²) in [5.74, 6) is 0.292. The van der Waals surface area contributed by atoms with Crippen molar-refractivity contribution in [3.63, 3.8) is 0 Å². The maximum atomic E-state index is 12.5. The van der Waals surface area contributed by atoms with Crippen LogP contribution in [-0.2, 0) is 11.3 Å². The van der Waals surface area contributed by atoms with E-state index in [0.29, 0.717) is 6.04 Å². The largest absolute Gasteiger partial charge is 0.341 e. The van der Waals surface area contributed by atoms with Gasteiger partial charge in [0.2, 0.25) is 5.91 Å². The molecule has 4 nitrogen and oxygen atoms in total. The number of nitrogens with one attached hydrogen (secondary N) is 1. The van der Waals surface area contributed by atoms with Gasteiger partial charge in [-0.05, 0) is 32.0 Å². The van der Waals surface area contributed by atoms with Crippen LogP contribution in [0.25, 0.3) is 0 Å². The standard InChI is InChI=1S/C18H29N3O.2ClH/c1-15(12-19-2)18(22)20(3)17-10-7-11-21(14-17)13-16-8-5-4-6-9-16;;/h4-6,8-9,15,17,19H,7,10-14H2,1-3H3;2*1H. The van der Waals surface area contributed by atoms with Gasteiger partial charge in [0.05, 0.1) is 0 Å². The van der Waals surface area contributed by atoms with E-state index in [0.717, 1.165) is 39.0 Å². The molecule has 0 spiro atoms. The SMILES string of the molecule is CNCC(C)C(=O)N(C)C1CCCN(Cc2ccccc2)C1.Cl.Cl. The second-order valence-corrected chi connectivity index (χ2v) is 6.42. The number of carbonyl (C=O) groups excluding carboxylic acids is 1. The van der Waals surface area contributed by atoms with Crippen molar-refractivity contribution in [1.29, 1.82) is 0 Å². The lowest BCUT2D eigenvalue weighted by molar-refractivity contribution is -0.136. The third-order valence-electron chi connectivity index (χ3n) is 4.56. The quantitative estimate of drug-likeness (QED) is 0.829. The first-order valence-corrected chi connectivity index (χ1v) is 8.29. The zero-order valence-electron chi connectivity index (χ0n) is 14.9. The van der Waals surface area contributed by atoms with E-state index < -0.39 is 0 Å². The summed E-state index contributed by atoms with van der Waals surface area (Å²) in [6, 6.07) is 10.9. The van der Waals surface area contributed by atoms with Crippen LogP contribution >= 0.6 is 24.8 Å². The Morgan fingerprint density at radius 2 is 2.00 bits per heavy atom. The van der Waals surface area contributed by atoms with E-state index in [1.165, 1.54) is 5.56 Å². The summed E-state index contributed by atoms with van der Waals surface area (Å²) in [7, 11) is 3.86. The number of halogens is 2. The summed E-state index contributed by atoms with van der Waals surface area (Å²) in [6.45, 7) is 5.82. The van der Waals surface area contributed by atoms with Crippen molar-refractivity contribution in [2.75, 3.05) is 33.7 Å². The van der Waals surface area contributed by atoms with Crippen LogP contribution in [0.3, 0.4) is 0 Å². The molecule has 1 aliphatic rings. The second-order valence-electron chi connectivity index (χ2n) is 6.42. The molecule has 1 saturated heterocycles. The van der Waals surface area contributed by atoms with Crippen molar-refractivity contribution in [3.05, 3.63) is 35.9 Å². The van der Waals surface area contributed by atoms with E-state index in [4.69, 9.17) is 0 Å². The highest BCUT2D eigenvalue weighted by Crippen LogP contribution is 2.18. The van der Waals surface area contributed by atoms with Gasteiger partial charge in [-0.25, -0.2) is 0 Å². The minimum Gasteiger partial charge on any atom is -0.341 e. The average Bonchev–Trinajstić information content (AvgIpc) is 2.55. The zero-order chi connectivity index (χ0) is 15.9. The third-order valence-corrected chi connectivity index (χ3v) is 4.56. The molecule has 1 heterocycles. The van der Waals surface area contributed by atoms with Crippen molar-refractivity contribution in [1.82, 2.24) is 15.1 Å². The molecule has 0 radical (unpaired) electrons. The van der Waals surface area contributed by atoms with Gasteiger partial charge >= 0.3 is 0 Å². The number of rotatable bonds is 6. The van der Waals surface area contributed by atoms with E-state index in [9.17, 15) is 4.79 Å². The summed E-state index contributed by atoms with van der Waals surface area (Å²) in [4.78, 5) is 16.9. The Balaban J connectivity index is 0.00000264. The molecular formula is C18H31Cl2N3O. The van der Waals surface area contributed by atoms with Crippen LogP contribution in [0.1, 0.15) is 25.3 Å². The highest BCUT2D eigenvalue weighted by atomic mass is 35.5. The number of hydrogen-bond acceptors (Lipinski definition) is 3. The van der Waals surface area contributed by atoms with Gasteiger partial charge in [-0.1, -0.05) is 37.3 Å². The van der Waals surface area contributed by atoms with E-state index in [1.54, 1.807) is 0 Å². The minimum absolute atomic E-state index is 0. The Morgan fingerprint density at radius 3 is 2.62 bits per heavy atom. The van der Waals surface area contributed by atoms with E-state index in [1.807, 2.05) is 25.9 Å². The Labute approximate surface area is 158 Å². The molecule has 1 fully saturated rings. The molecule has 138 valence electrons. The molecule has 1 aliphatic heterocycles. The van der Waals surface area contributed by atoms with Crippen LogP contribution < -0.4 is 5.32 Å². The Bertz CT molecular complexity index is 473. The van der Waals surface area contributed by atoms with Gasteiger partial charge in [-0.2, -0.15) is 0 Å². The fraction of sp³-hybridized carbons (Fsp3) is 0.611. The number of carbonyl (C=O) groups is 1. The van der Waals surface area contributed by atoms with Crippen molar-refractivity contribution < 1.29 is 4.79 Å². The summed E-state index contributed by atoms with van der Waals surface area (Å²) < 4.78 is 0. The molecule has 0 aromatic heterocycles. The number of piperidine rings is 1. The van der Waals surface area contributed by atoms with E-state index in [-0.39, 0.29) is 36.6 Å². The maximum absolute atomic E-state index is 12.5. The predicted molar refractivity (Wildman–Crippen MR) is 105 cm³/mol. The minimum atomic E-state index is 0. The maximum Gasteiger partial charge on any atom is 0.226 e. The zero-order valence-corrected chi connectivity index (χ0v) is 16.5. The lowest BCUT2D eigenvalue weighted by atomic mass is 10.0. The first-order valence-electron chi connectivity index (χ1n) is 8.29. The summed E-state index contributed by atoms with van der Waals surface area (Å²) in [5, 5.41) is 3.09. The van der Waals surface area contributed by atoms with Gasteiger partial charge in [0, 0.05) is 38.6 Å². The fourth-order valence-electron chi connectivity index (χ4n) is 3.25. The number of amides is 1. The van der Waals surface area contributed by atoms with Crippen molar-refractivity contribution in [2.24, 2.45) is 5.92 Å². The van der Waals surface area contributed by atoms with Gasteiger partial charge in [-0.15, -0.1) is 24.8 Å². The van der Waals surface area contributed by atoms with Crippen LogP contribution in [0.4, 0.5) is 0 Å². The predicted octanol–water partition coefficient (Wildman–Crippen LogP) is 2.81. The second kappa shape index (κ2) is 11.7. The highest BCUT2D eigenvalue weighted by Gasteiger charge is 2.28. The average molecular weight is 376 g/mol. The van der Waals surface area contributed by atoms with Crippen LogP contribution in [0.15, 0.2) is 30.3 Å². The molecule has 24 heavy (non-hydrogen) atoms.